The predicted octanol–water partition coefficient (Wildman–Crippen LogP) is 4.18. The van der Waals surface area contributed by atoms with Crippen molar-refractivity contribution in [1.29, 1.82) is 0 Å². The van der Waals surface area contributed by atoms with Crippen molar-refractivity contribution in [3.05, 3.63) is 59.7 Å². The van der Waals surface area contributed by atoms with Crippen LogP contribution in [0.1, 0.15) is 5.82 Å². The molecule has 3 rings (SSSR count). The van der Waals surface area contributed by atoms with Gasteiger partial charge in [-0.2, -0.15) is 0 Å². The fraction of sp³-hybridized carbons (Fsp3) is 0.0714. The van der Waals surface area contributed by atoms with Gasteiger partial charge < -0.3 is 0 Å². The maximum absolute atomic E-state index is 13.9. The molecule has 0 aliphatic carbocycles. The molecule has 2 aromatic carbocycles. The Labute approximate surface area is 117 Å². The zero-order chi connectivity index (χ0) is 14.3. The molecule has 0 N–H and O–H groups in total. The van der Waals surface area contributed by atoms with Crippen molar-refractivity contribution in [2.24, 2.45) is 0 Å². The quantitative estimate of drug-likeness (QED) is 0.649. The smallest absolute Gasteiger partial charge is 0.150 e. The monoisotopic (exact) mass is 296 g/mol. The lowest BCUT2D eigenvalue weighted by molar-refractivity contribution is 0.569. The molecule has 0 saturated carbocycles. The third-order valence-corrected chi connectivity index (χ3v) is 3.21. The average molecular weight is 297 g/mol. The molecule has 0 bridgehead atoms. The van der Waals surface area contributed by atoms with Crippen LogP contribution in [0, 0.1) is 17.5 Å². The molecule has 1 heterocycles. The molecule has 0 radical (unpaired) electrons. The summed E-state index contributed by atoms with van der Waals surface area (Å²) in [5.74, 6) is -1.75. The minimum atomic E-state index is -0.736. The van der Waals surface area contributed by atoms with Crippen molar-refractivity contribution < 1.29 is 13.2 Å². The molecule has 0 aliphatic rings. The Morgan fingerprint density at radius 1 is 1.05 bits per heavy atom. The molecule has 6 heteroatoms. The normalized spacial score (nSPS) is 11.2. The Balaban J connectivity index is 2.40. The number of imidazole rings is 1. The first kappa shape index (κ1) is 13.0. The SMILES string of the molecule is Fc1ccc2c(c1)nc(CCl)n2-c1c(F)cccc1F. The Morgan fingerprint density at radius 2 is 1.75 bits per heavy atom. The van der Waals surface area contributed by atoms with Crippen LogP contribution < -0.4 is 0 Å². The number of benzene rings is 2. The molecule has 1 aromatic heterocycles. The van der Waals surface area contributed by atoms with Crippen LogP contribution in [0.4, 0.5) is 13.2 Å². The van der Waals surface area contributed by atoms with Gasteiger partial charge in [-0.1, -0.05) is 6.07 Å². The zero-order valence-corrected chi connectivity index (χ0v) is 10.8. The molecule has 0 atom stereocenters. The highest BCUT2D eigenvalue weighted by atomic mass is 35.5. The van der Waals surface area contributed by atoms with Gasteiger partial charge in [-0.3, -0.25) is 4.57 Å². The average Bonchev–Trinajstić information content (AvgIpc) is 2.76. The van der Waals surface area contributed by atoms with Gasteiger partial charge in [0.15, 0.2) is 0 Å². The van der Waals surface area contributed by atoms with Crippen molar-refractivity contribution >= 4 is 22.6 Å². The number of halogens is 4. The maximum atomic E-state index is 13.9. The second-order valence-corrected chi connectivity index (χ2v) is 4.47. The van der Waals surface area contributed by atoms with Crippen molar-refractivity contribution in [3.63, 3.8) is 0 Å². The third kappa shape index (κ3) is 1.94. The molecule has 0 aliphatic heterocycles. The lowest BCUT2D eigenvalue weighted by Crippen LogP contribution is -2.05. The molecule has 0 unspecified atom stereocenters. The van der Waals surface area contributed by atoms with Crippen LogP contribution in [0.2, 0.25) is 0 Å². The van der Waals surface area contributed by atoms with Crippen LogP contribution in [0.5, 0.6) is 0 Å². The van der Waals surface area contributed by atoms with Gasteiger partial charge in [0.2, 0.25) is 0 Å². The predicted molar refractivity (Wildman–Crippen MR) is 70.5 cm³/mol. The number of fused-ring (bicyclic) bond motifs is 1. The van der Waals surface area contributed by atoms with E-state index in [1.165, 1.54) is 28.8 Å². The second-order valence-electron chi connectivity index (χ2n) is 4.20. The van der Waals surface area contributed by atoms with Crippen molar-refractivity contribution in [3.8, 4) is 5.69 Å². The standard InChI is InChI=1S/C14H8ClF3N2/c15-7-13-19-11-6-8(16)4-5-12(11)20(13)14-9(17)2-1-3-10(14)18/h1-6H,7H2. The molecular weight excluding hydrogens is 289 g/mol. The summed E-state index contributed by atoms with van der Waals surface area (Å²) in [4.78, 5) is 4.11. The maximum Gasteiger partial charge on any atom is 0.150 e. The molecule has 2 nitrogen and oxygen atoms in total. The number of rotatable bonds is 2. The summed E-state index contributed by atoms with van der Waals surface area (Å²) >= 11 is 5.78. The fourth-order valence-electron chi connectivity index (χ4n) is 2.15. The van der Waals surface area contributed by atoms with E-state index in [-0.39, 0.29) is 17.4 Å². The number of nitrogens with zero attached hydrogens (tertiary/aromatic N) is 2. The molecular formula is C14H8ClF3N2. The van der Waals surface area contributed by atoms with Crippen LogP contribution in [0.15, 0.2) is 36.4 Å². The highest BCUT2D eigenvalue weighted by molar-refractivity contribution is 6.17. The van der Waals surface area contributed by atoms with Gasteiger partial charge in [-0.05, 0) is 24.3 Å². The Hall–Kier alpha value is -2.01. The summed E-state index contributed by atoms with van der Waals surface area (Å²) in [5, 5.41) is 0. The van der Waals surface area contributed by atoms with Gasteiger partial charge in [0.25, 0.3) is 0 Å². The summed E-state index contributed by atoms with van der Waals surface area (Å²) in [6, 6.07) is 7.38. The minimum Gasteiger partial charge on any atom is -0.290 e. The van der Waals surface area contributed by atoms with Gasteiger partial charge >= 0.3 is 0 Å². The summed E-state index contributed by atoms with van der Waals surface area (Å²) in [7, 11) is 0. The first-order chi connectivity index (χ1) is 9.61. The topological polar surface area (TPSA) is 17.8 Å². The second kappa shape index (κ2) is 4.83. The van der Waals surface area contributed by atoms with Crippen LogP contribution in [-0.2, 0) is 5.88 Å². The van der Waals surface area contributed by atoms with E-state index in [4.69, 9.17) is 11.6 Å². The van der Waals surface area contributed by atoms with Gasteiger partial charge in [0, 0.05) is 6.07 Å². The van der Waals surface area contributed by atoms with Gasteiger partial charge in [0.05, 0.1) is 16.9 Å². The van der Waals surface area contributed by atoms with E-state index in [9.17, 15) is 13.2 Å². The number of para-hydroxylation sites is 1. The lowest BCUT2D eigenvalue weighted by atomic mass is 10.2. The van der Waals surface area contributed by atoms with Crippen LogP contribution in [-0.4, -0.2) is 9.55 Å². The van der Waals surface area contributed by atoms with Crippen LogP contribution in [0.25, 0.3) is 16.7 Å². The summed E-state index contributed by atoms with van der Waals surface area (Å²) < 4.78 is 42.3. The lowest BCUT2D eigenvalue weighted by Gasteiger charge is -2.10. The molecule has 3 aromatic rings. The number of alkyl halides is 1. The summed E-state index contributed by atoms with van der Waals surface area (Å²) in [6.45, 7) is 0. The summed E-state index contributed by atoms with van der Waals surface area (Å²) in [6.07, 6.45) is 0. The number of hydrogen-bond donors (Lipinski definition) is 0. The Bertz CT molecular complexity index is 778. The highest BCUT2D eigenvalue weighted by Crippen LogP contribution is 2.26. The highest BCUT2D eigenvalue weighted by Gasteiger charge is 2.18. The van der Waals surface area contributed by atoms with E-state index in [1.807, 2.05) is 0 Å². The molecule has 20 heavy (non-hydrogen) atoms. The Kier molecular flexibility index (Phi) is 3.14. The van der Waals surface area contributed by atoms with Crippen molar-refractivity contribution in [1.82, 2.24) is 9.55 Å². The largest absolute Gasteiger partial charge is 0.290 e. The molecule has 0 saturated heterocycles. The zero-order valence-electron chi connectivity index (χ0n) is 10.1. The molecule has 102 valence electrons. The van der Waals surface area contributed by atoms with E-state index in [2.05, 4.69) is 4.98 Å². The van der Waals surface area contributed by atoms with E-state index in [0.717, 1.165) is 12.1 Å². The molecule has 0 fully saturated rings. The first-order valence-electron chi connectivity index (χ1n) is 5.79. The molecule has 0 amide bonds. The van der Waals surface area contributed by atoms with Gasteiger partial charge in [-0.15, -0.1) is 11.6 Å². The van der Waals surface area contributed by atoms with Crippen molar-refractivity contribution in [2.75, 3.05) is 0 Å². The van der Waals surface area contributed by atoms with E-state index >= 15 is 0 Å². The van der Waals surface area contributed by atoms with E-state index < -0.39 is 17.5 Å². The third-order valence-electron chi connectivity index (χ3n) is 2.97. The Morgan fingerprint density at radius 3 is 2.40 bits per heavy atom. The van der Waals surface area contributed by atoms with Crippen LogP contribution in [0.3, 0.4) is 0 Å². The number of hydrogen-bond acceptors (Lipinski definition) is 1. The molecule has 0 spiro atoms. The first-order valence-corrected chi connectivity index (χ1v) is 6.32. The van der Waals surface area contributed by atoms with Gasteiger partial charge in [-0.25, -0.2) is 18.2 Å². The summed E-state index contributed by atoms with van der Waals surface area (Å²) in [5.41, 5.74) is 0.423. The van der Waals surface area contributed by atoms with E-state index in [0.29, 0.717) is 11.0 Å². The number of aromatic nitrogens is 2. The fourth-order valence-corrected chi connectivity index (χ4v) is 2.32. The van der Waals surface area contributed by atoms with E-state index in [1.54, 1.807) is 0 Å². The van der Waals surface area contributed by atoms with Crippen molar-refractivity contribution in [2.45, 2.75) is 5.88 Å². The van der Waals surface area contributed by atoms with Crippen LogP contribution >= 0.6 is 11.6 Å². The minimum absolute atomic E-state index is 0.0515. The van der Waals surface area contributed by atoms with Gasteiger partial charge in [0.1, 0.15) is 29.0 Å².